The van der Waals surface area contributed by atoms with Gasteiger partial charge >= 0.3 is 0 Å². The molecule has 0 bridgehead atoms. The number of hydrogen-bond donors (Lipinski definition) is 2. The topological polar surface area (TPSA) is 77.0 Å². The summed E-state index contributed by atoms with van der Waals surface area (Å²) < 4.78 is 16.6. The summed E-state index contributed by atoms with van der Waals surface area (Å²) in [5, 5.41) is 6.60. The second-order valence-electron chi connectivity index (χ2n) is 6.19. The van der Waals surface area contributed by atoms with E-state index in [0.29, 0.717) is 19.0 Å². The van der Waals surface area contributed by atoms with Gasteiger partial charge < -0.3 is 24.8 Å². The molecule has 2 N–H and O–H groups in total. The van der Waals surface area contributed by atoms with Crippen molar-refractivity contribution in [1.82, 2.24) is 15.6 Å². The van der Waals surface area contributed by atoms with E-state index in [1.54, 1.807) is 0 Å². The van der Waals surface area contributed by atoms with Crippen molar-refractivity contribution in [3.05, 3.63) is 23.9 Å². The molecule has 0 aliphatic carbocycles. The highest BCUT2D eigenvalue weighted by Crippen LogP contribution is 2.09. The van der Waals surface area contributed by atoms with Crippen LogP contribution >= 0.6 is 24.0 Å². The molecule has 2 rings (SSSR count). The average molecular weight is 492 g/mol. The second kappa shape index (κ2) is 14.9. The Morgan fingerprint density at radius 3 is 2.85 bits per heavy atom. The maximum absolute atomic E-state index is 5.77. The molecule has 1 unspecified atom stereocenters. The number of aromatic nitrogens is 1. The second-order valence-corrected chi connectivity index (χ2v) is 6.19. The van der Waals surface area contributed by atoms with Crippen LogP contribution in [0.15, 0.2) is 23.3 Å². The largest absolute Gasteiger partial charge is 0.478 e. The summed E-state index contributed by atoms with van der Waals surface area (Å²) in [7, 11) is 0. The average Bonchev–Trinajstić information content (AvgIpc) is 3.18. The van der Waals surface area contributed by atoms with Crippen molar-refractivity contribution < 1.29 is 14.2 Å². The van der Waals surface area contributed by atoms with Crippen molar-refractivity contribution >= 4 is 29.9 Å². The Morgan fingerprint density at radius 2 is 2.19 bits per heavy atom. The third-order valence-electron chi connectivity index (χ3n) is 3.87. The van der Waals surface area contributed by atoms with E-state index in [1.807, 2.05) is 18.3 Å². The Bertz CT molecular complexity index is 522. The molecule has 0 spiro atoms. The Kier molecular flexibility index (Phi) is 13.2. The molecular weight excluding hydrogens is 459 g/mol. The minimum atomic E-state index is 0. The predicted octanol–water partition coefficient (Wildman–Crippen LogP) is 2.74. The Balaban J connectivity index is 0.00000364. The van der Waals surface area contributed by atoms with Gasteiger partial charge in [-0.15, -0.1) is 24.0 Å². The SMILES string of the molecule is CCCOc1ccc(CN=C(NCC)NCCCOC2CCOC2)cn1.I. The van der Waals surface area contributed by atoms with Crippen LogP contribution in [0.4, 0.5) is 0 Å². The normalized spacial score (nSPS) is 16.7. The van der Waals surface area contributed by atoms with E-state index in [2.05, 4.69) is 34.5 Å². The van der Waals surface area contributed by atoms with Gasteiger partial charge in [-0.25, -0.2) is 9.98 Å². The van der Waals surface area contributed by atoms with Crippen LogP contribution in [0.3, 0.4) is 0 Å². The smallest absolute Gasteiger partial charge is 0.213 e. The van der Waals surface area contributed by atoms with Crippen LogP contribution in [-0.4, -0.2) is 56.6 Å². The molecule has 0 aromatic carbocycles. The minimum absolute atomic E-state index is 0. The van der Waals surface area contributed by atoms with Gasteiger partial charge in [0.25, 0.3) is 0 Å². The molecule has 0 amide bonds. The molecular formula is C19H33IN4O3. The molecule has 0 radical (unpaired) electrons. The van der Waals surface area contributed by atoms with Gasteiger partial charge in [0.1, 0.15) is 0 Å². The van der Waals surface area contributed by atoms with Gasteiger partial charge in [-0.3, -0.25) is 0 Å². The zero-order valence-corrected chi connectivity index (χ0v) is 18.7. The van der Waals surface area contributed by atoms with Crippen LogP contribution in [0.5, 0.6) is 5.88 Å². The first-order valence-corrected chi connectivity index (χ1v) is 9.61. The number of aliphatic imine (C=N–C) groups is 1. The number of nitrogens with one attached hydrogen (secondary N) is 2. The van der Waals surface area contributed by atoms with Crippen molar-refractivity contribution in [3.63, 3.8) is 0 Å². The molecule has 7 nitrogen and oxygen atoms in total. The molecule has 1 aromatic heterocycles. The van der Waals surface area contributed by atoms with Crippen LogP contribution in [0.25, 0.3) is 0 Å². The summed E-state index contributed by atoms with van der Waals surface area (Å²) in [6.07, 6.45) is 5.01. The lowest BCUT2D eigenvalue weighted by atomic mass is 10.3. The summed E-state index contributed by atoms with van der Waals surface area (Å²) in [4.78, 5) is 8.91. The Morgan fingerprint density at radius 1 is 1.30 bits per heavy atom. The maximum Gasteiger partial charge on any atom is 0.213 e. The Labute approximate surface area is 179 Å². The van der Waals surface area contributed by atoms with E-state index in [9.17, 15) is 0 Å². The van der Waals surface area contributed by atoms with Crippen LogP contribution in [-0.2, 0) is 16.0 Å². The van der Waals surface area contributed by atoms with Gasteiger partial charge in [0, 0.05) is 38.6 Å². The van der Waals surface area contributed by atoms with E-state index in [1.165, 1.54) is 0 Å². The number of hydrogen-bond acceptors (Lipinski definition) is 5. The molecule has 1 atom stereocenters. The van der Waals surface area contributed by atoms with Crippen LogP contribution in [0, 0.1) is 0 Å². The Hall–Kier alpha value is -1.13. The lowest BCUT2D eigenvalue weighted by Gasteiger charge is -2.13. The van der Waals surface area contributed by atoms with Crippen LogP contribution in [0.2, 0.25) is 0 Å². The standard InChI is InChI=1S/C19H32N4O3.HI/c1-3-10-26-18-7-6-16(13-22-18)14-23-19(20-4-2)21-9-5-11-25-17-8-12-24-15-17;/h6-7,13,17H,3-5,8-12,14-15H2,1-2H3,(H2,20,21,23);1H. The molecule has 8 heteroatoms. The zero-order valence-electron chi connectivity index (χ0n) is 16.4. The summed E-state index contributed by atoms with van der Waals surface area (Å²) in [5.74, 6) is 1.47. The molecule has 1 aliphatic heterocycles. The lowest BCUT2D eigenvalue weighted by Crippen LogP contribution is -2.38. The van der Waals surface area contributed by atoms with E-state index >= 15 is 0 Å². The molecule has 154 valence electrons. The number of nitrogens with zero attached hydrogens (tertiary/aromatic N) is 2. The van der Waals surface area contributed by atoms with Crippen molar-refractivity contribution in [2.45, 2.75) is 45.8 Å². The minimum Gasteiger partial charge on any atom is -0.478 e. The number of pyridine rings is 1. The number of halogens is 1. The van der Waals surface area contributed by atoms with Crippen molar-refractivity contribution in [2.24, 2.45) is 4.99 Å². The van der Waals surface area contributed by atoms with Gasteiger partial charge in [0.05, 0.1) is 25.9 Å². The van der Waals surface area contributed by atoms with Crippen molar-refractivity contribution in [2.75, 3.05) is 39.5 Å². The van der Waals surface area contributed by atoms with Crippen LogP contribution in [0.1, 0.15) is 38.7 Å². The monoisotopic (exact) mass is 492 g/mol. The fourth-order valence-electron chi connectivity index (χ4n) is 2.48. The fourth-order valence-corrected chi connectivity index (χ4v) is 2.48. The third-order valence-corrected chi connectivity index (χ3v) is 3.87. The highest BCUT2D eigenvalue weighted by molar-refractivity contribution is 14.0. The first kappa shape index (κ1) is 23.9. The number of rotatable bonds is 11. The first-order chi connectivity index (χ1) is 12.8. The van der Waals surface area contributed by atoms with Gasteiger partial charge in [-0.1, -0.05) is 13.0 Å². The van der Waals surface area contributed by atoms with E-state index in [-0.39, 0.29) is 30.1 Å². The van der Waals surface area contributed by atoms with Gasteiger partial charge in [-0.2, -0.15) is 0 Å². The van der Waals surface area contributed by atoms with Gasteiger partial charge in [-0.05, 0) is 31.7 Å². The van der Waals surface area contributed by atoms with Crippen LogP contribution < -0.4 is 15.4 Å². The molecule has 2 heterocycles. The quantitative estimate of drug-likeness (QED) is 0.214. The van der Waals surface area contributed by atoms with Crippen molar-refractivity contribution in [1.29, 1.82) is 0 Å². The molecule has 1 saturated heterocycles. The highest BCUT2D eigenvalue weighted by atomic mass is 127. The van der Waals surface area contributed by atoms with Gasteiger partial charge in [0.2, 0.25) is 5.88 Å². The first-order valence-electron chi connectivity index (χ1n) is 9.61. The van der Waals surface area contributed by atoms with E-state index in [4.69, 9.17) is 14.2 Å². The lowest BCUT2D eigenvalue weighted by molar-refractivity contribution is 0.0420. The molecule has 1 aliphatic rings. The predicted molar refractivity (Wildman–Crippen MR) is 118 cm³/mol. The summed E-state index contributed by atoms with van der Waals surface area (Å²) in [6.45, 7) is 9.33. The summed E-state index contributed by atoms with van der Waals surface area (Å²) in [5.41, 5.74) is 1.05. The van der Waals surface area contributed by atoms with Gasteiger partial charge in [0.15, 0.2) is 5.96 Å². The molecule has 1 aromatic rings. The maximum atomic E-state index is 5.77. The molecule has 27 heavy (non-hydrogen) atoms. The van der Waals surface area contributed by atoms with Crippen molar-refractivity contribution in [3.8, 4) is 5.88 Å². The van der Waals surface area contributed by atoms with E-state index < -0.39 is 0 Å². The summed E-state index contributed by atoms with van der Waals surface area (Å²) in [6, 6.07) is 3.90. The highest BCUT2D eigenvalue weighted by Gasteiger charge is 2.15. The fraction of sp³-hybridized carbons (Fsp3) is 0.684. The summed E-state index contributed by atoms with van der Waals surface area (Å²) >= 11 is 0. The third kappa shape index (κ3) is 10.1. The molecule has 0 saturated carbocycles. The zero-order chi connectivity index (χ0) is 18.5. The molecule has 1 fully saturated rings. The number of ether oxygens (including phenoxy) is 3. The number of guanidine groups is 1. The van der Waals surface area contributed by atoms with E-state index in [0.717, 1.165) is 63.7 Å².